The van der Waals surface area contributed by atoms with E-state index in [1.807, 2.05) is 39.0 Å². The first-order valence-corrected chi connectivity index (χ1v) is 6.51. The number of methoxy groups -OCH3 is 1. The number of aliphatic hydroxyl groups excluding tert-OH is 1. The first-order valence-electron chi connectivity index (χ1n) is 6.51. The average Bonchev–Trinajstić information content (AvgIpc) is 2.35. The summed E-state index contributed by atoms with van der Waals surface area (Å²) in [6, 6.07) is 5.56. The van der Waals surface area contributed by atoms with E-state index in [4.69, 9.17) is 4.74 Å². The van der Waals surface area contributed by atoms with E-state index in [9.17, 15) is 9.90 Å². The Labute approximate surface area is 114 Å². The summed E-state index contributed by atoms with van der Waals surface area (Å²) < 4.78 is 5.25. The third kappa shape index (κ3) is 4.56. The van der Waals surface area contributed by atoms with Gasteiger partial charge < -0.3 is 15.2 Å². The van der Waals surface area contributed by atoms with Crippen LogP contribution >= 0.6 is 0 Å². The highest BCUT2D eigenvalue weighted by Gasteiger charge is 2.16. The topological polar surface area (TPSA) is 58.6 Å². The number of carbonyl (C=O) groups excluding carboxylic acids is 1. The van der Waals surface area contributed by atoms with Crippen molar-refractivity contribution in [2.24, 2.45) is 5.92 Å². The van der Waals surface area contributed by atoms with Crippen molar-refractivity contribution in [2.75, 3.05) is 13.7 Å². The molecular formula is C15H23NO3. The molecule has 0 aliphatic carbocycles. The zero-order valence-corrected chi connectivity index (χ0v) is 12.1. The summed E-state index contributed by atoms with van der Waals surface area (Å²) in [7, 11) is 1.59. The van der Waals surface area contributed by atoms with E-state index in [0.717, 1.165) is 11.1 Å². The van der Waals surface area contributed by atoms with Crippen molar-refractivity contribution in [1.29, 1.82) is 0 Å². The number of amides is 1. The maximum Gasteiger partial charge on any atom is 0.224 e. The zero-order valence-electron chi connectivity index (χ0n) is 12.1. The van der Waals surface area contributed by atoms with Crippen molar-refractivity contribution < 1.29 is 14.6 Å². The third-order valence-electron chi connectivity index (χ3n) is 3.13. The smallest absolute Gasteiger partial charge is 0.224 e. The van der Waals surface area contributed by atoms with E-state index in [-0.39, 0.29) is 30.9 Å². The van der Waals surface area contributed by atoms with E-state index in [1.165, 1.54) is 0 Å². The number of benzene rings is 1. The summed E-state index contributed by atoms with van der Waals surface area (Å²) in [5.41, 5.74) is 1.95. The molecule has 106 valence electrons. The SMILES string of the molecule is COc1ccc(C)cc1CC(=O)NC(CO)C(C)C. The Bertz CT molecular complexity index is 429. The van der Waals surface area contributed by atoms with Crippen LogP contribution in [0.3, 0.4) is 0 Å². The van der Waals surface area contributed by atoms with Crippen LogP contribution in [0, 0.1) is 12.8 Å². The van der Waals surface area contributed by atoms with Crippen LogP contribution in [0.5, 0.6) is 5.75 Å². The molecule has 1 aromatic rings. The number of ether oxygens (including phenoxy) is 1. The van der Waals surface area contributed by atoms with Crippen molar-refractivity contribution in [3.05, 3.63) is 29.3 Å². The van der Waals surface area contributed by atoms with Crippen LogP contribution in [-0.4, -0.2) is 30.8 Å². The molecule has 1 rings (SSSR count). The van der Waals surface area contributed by atoms with Gasteiger partial charge in [-0.25, -0.2) is 0 Å². The van der Waals surface area contributed by atoms with Crippen molar-refractivity contribution in [3.63, 3.8) is 0 Å². The lowest BCUT2D eigenvalue weighted by molar-refractivity contribution is -0.121. The van der Waals surface area contributed by atoms with Gasteiger partial charge in [0.15, 0.2) is 0 Å². The normalized spacial score (nSPS) is 12.3. The number of carbonyl (C=O) groups is 1. The highest BCUT2D eigenvalue weighted by atomic mass is 16.5. The molecule has 0 heterocycles. The standard InChI is InChI=1S/C15H23NO3/c1-10(2)13(9-17)16-15(18)8-12-7-11(3)5-6-14(12)19-4/h5-7,10,13,17H,8-9H2,1-4H3,(H,16,18). The van der Waals surface area contributed by atoms with Crippen molar-refractivity contribution in [3.8, 4) is 5.75 Å². The maximum atomic E-state index is 12.0. The van der Waals surface area contributed by atoms with Gasteiger partial charge in [0.2, 0.25) is 5.91 Å². The molecule has 0 aliphatic rings. The predicted octanol–water partition coefficient (Wildman–Crippen LogP) is 1.68. The second kappa shape index (κ2) is 7.14. The second-order valence-electron chi connectivity index (χ2n) is 5.09. The summed E-state index contributed by atoms with van der Waals surface area (Å²) in [6.45, 7) is 5.86. The summed E-state index contributed by atoms with van der Waals surface area (Å²) in [6.07, 6.45) is 0.258. The lowest BCUT2D eigenvalue weighted by Crippen LogP contribution is -2.41. The minimum absolute atomic E-state index is 0.0473. The molecule has 0 radical (unpaired) electrons. The van der Waals surface area contributed by atoms with E-state index in [0.29, 0.717) is 5.75 Å². The Morgan fingerprint density at radius 2 is 2.11 bits per heavy atom. The molecule has 0 saturated heterocycles. The van der Waals surface area contributed by atoms with E-state index >= 15 is 0 Å². The molecule has 2 N–H and O–H groups in total. The molecule has 4 nitrogen and oxygen atoms in total. The van der Waals surface area contributed by atoms with Gasteiger partial charge in [-0.15, -0.1) is 0 Å². The summed E-state index contributed by atoms with van der Waals surface area (Å²) in [5, 5.41) is 12.1. The number of hydrogen-bond donors (Lipinski definition) is 2. The van der Waals surface area contributed by atoms with Gasteiger partial charge in [0, 0.05) is 5.56 Å². The van der Waals surface area contributed by atoms with Crippen molar-refractivity contribution in [2.45, 2.75) is 33.2 Å². The molecule has 1 unspecified atom stereocenters. The van der Waals surface area contributed by atoms with Crippen molar-refractivity contribution in [1.82, 2.24) is 5.32 Å². The molecule has 1 aromatic carbocycles. The van der Waals surface area contributed by atoms with Crippen LogP contribution in [-0.2, 0) is 11.2 Å². The fraction of sp³-hybridized carbons (Fsp3) is 0.533. The van der Waals surface area contributed by atoms with Crippen LogP contribution in [0.15, 0.2) is 18.2 Å². The van der Waals surface area contributed by atoms with Gasteiger partial charge in [-0.3, -0.25) is 4.79 Å². The monoisotopic (exact) mass is 265 g/mol. The first kappa shape index (κ1) is 15.5. The molecule has 0 bridgehead atoms. The Hall–Kier alpha value is -1.55. The molecule has 0 fully saturated rings. The molecule has 0 spiro atoms. The van der Waals surface area contributed by atoms with Gasteiger partial charge in [0.1, 0.15) is 5.75 Å². The number of rotatable bonds is 6. The van der Waals surface area contributed by atoms with E-state index in [2.05, 4.69) is 5.32 Å². The highest BCUT2D eigenvalue weighted by molar-refractivity contribution is 5.79. The minimum Gasteiger partial charge on any atom is -0.496 e. The lowest BCUT2D eigenvalue weighted by Gasteiger charge is -2.20. The zero-order chi connectivity index (χ0) is 14.4. The van der Waals surface area contributed by atoms with Gasteiger partial charge in [0.05, 0.1) is 26.2 Å². The molecule has 19 heavy (non-hydrogen) atoms. The molecule has 0 saturated carbocycles. The van der Waals surface area contributed by atoms with Gasteiger partial charge in [-0.05, 0) is 18.9 Å². The average molecular weight is 265 g/mol. The Balaban J connectivity index is 2.73. The van der Waals surface area contributed by atoms with Gasteiger partial charge in [-0.2, -0.15) is 0 Å². The number of aliphatic hydroxyl groups is 1. The van der Waals surface area contributed by atoms with Crippen molar-refractivity contribution >= 4 is 5.91 Å². The van der Waals surface area contributed by atoms with E-state index < -0.39 is 0 Å². The molecule has 1 amide bonds. The van der Waals surface area contributed by atoms with Crippen LogP contribution in [0.2, 0.25) is 0 Å². The predicted molar refractivity (Wildman–Crippen MR) is 75.3 cm³/mol. The summed E-state index contributed by atoms with van der Waals surface area (Å²) in [5.74, 6) is 0.816. The van der Waals surface area contributed by atoms with Gasteiger partial charge in [-0.1, -0.05) is 31.5 Å². The molecular weight excluding hydrogens is 242 g/mol. The Kier molecular flexibility index (Phi) is 5.83. The first-order chi connectivity index (χ1) is 8.97. The number of hydrogen-bond acceptors (Lipinski definition) is 3. The third-order valence-corrected chi connectivity index (χ3v) is 3.13. The van der Waals surface area contributed by atoms with Crippen LogP contribution in [0.1, 0.15) is 25.0 Å². The highest BCUT2D eigenvalue weighted by Crippen LogP contribution is 2.20. The Morgan fingerprint density at radius 1 is 1.42 bits per heavy atom. The minimum atomic E-state index is -0.205. The molecule has 4 heteroatoms. The molecule has 1 atom stereocenters. The quantitative estimate of drug-likeness (QED) is 0.822. The molecule has 0 aliphatic heterocycles. The fourth-order valence-electron chi connectivity index (χ4n) is 1.90. The summed E-state index contributed by atoms with van der Waals surface area (Å²) in [4.78, 5) is 12.0. The fourth-order valence-corrected chi connectivity index (χ4v) is 1.90. The summed E-state index contributed by atoms with van der Waals surface area (Å²) >= 11 is 0. The van der Waals surface area contributed by atoms with Crippen LogP contribution in [0.25, 0.3) is 0 Å². The number of nitrogens with one attached hydrogen (secondary N) is 1. The number of aryl methyl sites for hydroxylation is 1. The van der Waals surface area contributed by atoms with Gasteiger partial charge in [0.25, 0.3) is 0 Å². The Morgan fingerprint density at radius 3 is 2.63 bits per heavy atom. The largest absolute Gasteiger partial charge is 0.496 e. The van der Waals surface area contributed by atoms with Crippen LogP contribution in [0.4, 0.5) is 0 Å². The lowest BCUT2D eigenvalue weighted by atomic mass is 10.0. The molecule has 0 aromatic heterocycles. The van der Waals surface area contributed by atoms with E-state index in [1.54, 1.807) is 7.11 Å². The second-order valence-corrected chi connectivity index (χ2v) is 5.09. The van der Waals surface area contributed by atoms with Crippen LogP contribution < -0.4 is 10.1 Å². The van der Waals surface area contributed by atoms with Gasteiger partial charge >= 0.3 is 0 Å². The maximum absolute atomic E-state index is 12.0.